The highest BCUT2D eigenvalue weighted by Gasteiger charge is 2.20. The number of hydrogen-bond donors (Lipinski definition) is 1. The Hall–Kier alpha value is -1.35. The van der Waals surface area contributed by atoms with E-state index in [1.165, 1.54) is 23.7 Å². The van der Waals surface area contributed by atoms with E-state index in [9.17, 15) is 0 Å². The second kappa shape index (κ2) is 4.49. The maximum atomic E-state index is 4.50. The van der Waals surface area contributed by atoms with Crippen molar-refractivity contribution in [1.29, 1.82) is 0 Å². The molecule has 0 amide bonds. The quantitative estimate of drug-likeness (QED) is 0.854. The van der Waals surface area contributed by atoms with Crippen LogP contribution in [0.3, 0.4) is 0 Å². The molecule has 3 nitrogen and oxygen atoms in total. The van der Waals surface area contributed by atoms with Crippen LogP contribution in [-0.2, 0) is 0 Å². The largest absolute Gasteiger partial charge is 0.314 e. The normalized spacial score (nSPS) is 17.5. The summed E-state index contributed by atoms with van der Waals surface area (Å²) in [6.45, 7) is 3.34. The molecule has 2 aromatic rings. The van der Waals surface area contributed by atoms with Crippen molar-refractivity contribution in [3.8, 4) is 0 Å². The molecule has 3 rings (SSSR count). The number of para-hydroxylation sites is 1. The molecule has 17 heavy (non-hydrogen) atoms. The summed E-state index contributed by atoms with van der Waals surface area (Å²) < 4.78 is 2.14. The first-order valence-electron chi connectivity index (χ1n) is 6.50. The lowest BCUT2D eigenvalue weighted by Gasteiger charge is -2.13. The van der Waals surface area contributed by atoms with Gasteiger partial charge >= 0.3 is 0 Å². The monoisotopic (exact) mass is 229 g/mol. The van der Waals surface area contributed by atoms with Gasteiger partial charge in [-0.15, -0.1) is 0 Å². The molecule has 0 bridgehead atoms. The summed E-state index contributed by atoms with van der Waals surface area (Å²) in [4.78, 5) is 0. The van der Waals surface area contributed by atoms with E-state index in [-0.39, 0.29) is 0 Å². The average Bonchev–Trinajstić information content (AvgIpc) is 3.07. The fraction of sp³-hybridized carbons (Fsp3) is 0.500. The highest BCUT2D eigenvalue weighted by atomic mass is 15.3. The molecule has 0 radical (unpaired) electrons. The molecule has 1 heterocycles. The summed E-state index contributed by atoms with van der Waals surface area (Å²) in [6.07, 6.45) is 5.82. The van der Waals surface area contributed by atoms with Gasteiger partial charge in [0.2, 0.25) is 0 Å². The van der Waals surface area contributed by atoms with E-state index in [0.717, 1.165) is 19.0 Å². The Kier molecular flexibility index (Phi) is 2.85. The molecule has 1 atom stereocenters. The van der Waals surface area contributed by atoms with Crippen molar-refractivity contribution < 1.29 is 0 Å². The molecule has 0 aliphatic heterocycles. The Labute approximate surface area is 102 Å². The molecule has 1 saturated carbocycles. The maximum absolute atomic E-state index is 4.50. The summed E-state index contributed by atoms with van der Waals surface area (Å²) in [5, 5.41) is 9.28. The third kappa shape index (κ3) is 2.34. The number of fused-ring (bicyclic) bond motifs is 1. The van der Waals surface area contributed by atoms with E-state index in [0.29, 0.717) is 6.04 Å². The van der Waals surface area contributed by atoms with Crippen molar-refractivity contribution in [2.24, 2.45) is 0 Å². The number of hydrogen-bond acceptors (Lipinski definition) is 2. The van der Waals surface area contributed by atoms with Gasteiger partial charge in [0.25, 0.3) is 0 Å². The highest BCUT2D eigenvalue weighted by Crippen LogP contribution is 2.21. The molecule has 1 aliphatic rings. The Morgan fingerprint density at radius 2 is 2.24 bits per heavy atom. The molecule has 0 saturated heterocycles. The van der Waals surface area contributed by atoms with Crippen molar-refractivity contribution in [2.45, 2.75) is 38.3 Å². The van der Waals surface area contributed by atoms with Crippen LogP contribution in [0.4, 0.5) is 0 Å². The Balaban J connectivity index is 1.68. The summed E-state index contributed by atoms with van der Waals surface area (Å²) in [5.74, 6) is 0. The molecular formula is C14H19N3. The lowest BCUT2D eigenvalue weighted by atomic mass is 10.2. The molecule has 1 N–H and O–H groups in total. The standard InChI is InChI=1S/C14H19N3/c1-11(8-9-15-13-6-7-13)17-14-5-3-2-4-12(14)10-16-17/h2-5,10-11,13,15H,6-9H2,1H3. The summed E-state index contributed by atoms with van der Waals surface area (Å²) >= 11 is 0. The number of aromatic nitrogens is 2. The van der Waals surface area contributed by atoms with Gasteiger partial charge in [0.05, 0.1) is 17.8 Å². The lowest BCUT2D eigenvalue weighted by Crippen LogP contribution is -2.21. The fourth-order valence-electron chi connectivity index (χ4n) is 2.25. The summed E-state index contributed by atoms with van der Waals surface area (Å²) in [5.41, 5.74) is 1.24. The van der Waals surface area contributed by atoms with Crippen molar-refractivity contribution in [3.63, 3.8) is 0 Å². The van der Waals surface area contributed by atoms with E-state index in [1.54, 1.807) is 0 Å². The number of rotatable bonds is 5. The average molecular weight is 229 g/mol. The second-order valence-corrected chi connectivity index (χ2v) is 5.01. The van der Waals surface area contributed by atoms with Gasteiger partial charge in [0, 0.05) is 11.4 Å². The van der Waals surface area contributed by atoms with Crippen LogP contribution in [0, 0.1) is 0 Å². The highest BCUT2D eigenvalue weighted by molar-refractivity contribution is 5.78. The van der Waals surface area contributed by atoms with Crippen molar-refractivity contribution >= 4 is 10.9 Å². The molecule has 0 spiro atoms. The minimum atomic E-state index is 0.459. The van der Waals surface area contributed by atoms with Crippen molar-refractivity contribution in [1.82, 2.24) is 15.1 Å². The minimum absolute atomic E-state index is 0.459. The first kappa shape index (κ1) is 10.8. The van der Waals surface area contributed by atoms with Crippen LogP contribution in [-0.4, -0.2) is 22.4 Å². The third-order valence-electron chi connectivity index (χ3n) is 3.49. The van der Waals surface area contributed by atoms with E-state index < -0.39 is 0 Å². The lowest BCUT2D eigenvalue weighted by molar-refractivity contribution is 0.455. The molecule has 90 valence electrons. The van der Waals surface area contributed by atoms with Crippen LogP contribution in [0.5, 0.6) is 0 Å². The van der Waals surface area contributed by atoms with Gasteiger partial charge in [-0.05, 0) is 38.8 Å². The Morgan fingerprint density at radius 3 is 3.06 bits per heavy atom. The van der Waals surface area contributed by atoms with Crippen LogP contribution >= 0.6 is 0 Å². The predicted molar refractivity (Wildman–Crippen MR) is 70.1 cm³/mol. The van der Waals surface area contributed by atoms with Crippen LogP contribution in [0.25, 0.3) is 10.9 Å². The van der Waals surface area contributed by atoms with Gasteiger partial charge in [-0.1, -0.05) is 18.2 Å². The zero-order chi connectivity index (χ0) is 11.7. The van der Waals surface area contributed by atoms with Gasteiger partial charge in [-0.3, -0.25) is 4.68 Å². The molecule has 1 aromatic carbocycles. The summed E-state index contributed by atoms with van der Waals surface area (Å²) in [7, 11) is 0. The van der Waals surface area contributed by atoms with E-state index in [4.69, 9.17) is 0 Å². The topological polar surface area (TPSA) is 29.9 Å². The van der Waals surface area contributed by atoms with Gasteiger partial charge in [0.1, 0.15) is 0 Å². The molecule has 1 aromatic heterocycles. The van der Waals surface area contributed by atoms with E-state index >= 15 is 0 Å². The Bertz CT molecular complexity index is 499. The fourth-order valence-corrected chi connectivity index (χ4v) is 2.25. The number of nitrogens with one attached hydrogen (secondary N) is 1. The Morgan fingerprint density at radius 1 is 1.41 bits per heavy atom. The number of benzene rings is 1. The SMILES string of the molecule is CC(CCNC1CC1)n1ncc2ccccc21. The molecule has 1 unspecified atom stereocenters. The van der Waals surface area contributed by atoms with E-state index in [1.807, 2.05) is 6.20 Å². The van der Waals surface area contributed by atoms with Crippen LogP contribution in [0.2, 0.25) is 0 Å². The molecule has 1 fully saturated rings. The van der Waals surface area contributed by atoms with Gasteiger partial charge in [0.15, 0.2) is 0 Å². The minimum Gasteiger partial charge on any atom is -0.314 e. The van der Waals surface area contributed by atoms with Gasteiger partial charge in [-0.25, -0.2) is 0 Å². The van der Waals surface area contributed by atoms with Crippen molar-refractivity contribution in [2.75, 3.05) is 6.54 Å². The van der Waals surface area contributed by atoms with Crippen molar-refractivity contribution in [3.05, 3.63) is 30.5 Å². The number of nitrogens with zero attached hydrogens (tertiary/aromatic N) is 2. The molecule has 1 aliphatic carbocycles. The third-order valence-corrected chi connectivity index (χ3v) is 3.49. The molecule has 3 heteroatoms. The maximum Gasteiger partial charge on any atom is 0.0685 e. The van der Waals surface area contributed by atoms with Gasteiger partial charge < -0.3 is 5.32 Å². The second-order valence-electron chi connectivity index (χ2n) is 5.01. The van der Waals surface area contributed by atoms with Gasteiger partial charge in [-0.2, -0.15) is 5.10 Å². The molecular weight excluding hydrogens is 210 g/mol. The zero-order valence-corrected chi connectivity index (χ0v) is 10.3. The predicted octanol–water partition coefficient (Wildman–Crippen LogP) is 2.74. The first-order chi connectivity index (χ1) is 8.34. The first-order valence-corrected chi connectivity index (χ1v) is 6.50. The van der Waals surface area contributed by atoms with Crippen LogP contribution in [0.1, 0.15) is 32.2 Å². The van der Waals surface area contributed by atoms with Crippen LogP contribution in [0.15, 0.2) is 30.5 Å². The van der Waals surface area contributed by atoms with Crippen LogP contribution < -0.4 is 5.32 Å². The smallest absolute Gasteiger partial charge is 0.0685 e. The summed E-state index contributed by atoms with van der Waals surface area (Å²) in [6, 6.07) is 9.67. The van der Waals surface area contributed by atoms with E-state index in [2.05, 4.69) is 46.3 Å². The zero-order valence-electron chi connectivity index (χ0n) is 10.3.